The number of fused-ring (bicyclic) bond motifs is 1. The molecule has 7 heteroatoms. The third-order valence-corrected chi connectivity index (χ3v) is 4.08. The van der Waals surface area contributed by atoms with Crippen LogP contribution in [-0.2, 0) is 14.3 Å². The van der Waals surface area contributed by atoms with Crippen molar-refractivity contribution in [2.24, 2.45) is 0 Å². The zero-order chi connectivity index (χ0) is 22.9. The smallest absolute Gasteiger partial charge is 0.343 e. The van der Waals surface area contributed by atoms with Gasteiger partial charge in [0, 0.05) is 12.2 Å². The van der Waals surface area contributed by atoms with Crippen molar-refractivity contribution in [3.63, 3.8) is 0 Å². The molecule has 0 unspecified atom stereocenters. The second-order valence-electron chi connectivity index (χ2n) is 6.24. The molecule has 7 nitrogen and oxygen atoms in total. The van der Waals surface area contributed by atoms with Gasteiger partial charge in [0.1, 0.15) is 29.8 Å². The van der Waals surface area contributed by atoms with Crippen molar-refractivity contribution < 1.29 is 33.3 Å². The van der Waals surface area contributed by atoms with Crippen LogP contribution in [0.1, 0.15) is 10.4 Å². The van der Waals surface area contributed by atoms with Crippen LogP contribution in [0.25, 0.3) is 10.8 Å². The fourth-order valence-corrected chi connectivity index (χ4v) is 2.57. The molecular weight excluding hydrogens is 412 g/mol. The summed E-state index contributed by atoms with van der Waals surface area (Å²) in [4.78, 5) is 34.7. The molecule has 0 aliphatic carbocycles. The van der Waals surface area contributed by atoms with E-state index in [9.17, 15) is 14.4 Å². The highest BCUT2D eigenvalue weighted by molar-refractivity contribution is 5.92. The second-order valence-corrected chi connectivity index (χ2v) is 6.24. The van der Waals surface area contributed by atoms with Crippen molar-refractivity contribution >= 4 is 28.7 Å². The first-order valence-corrected chi connectivity index (χ1v) is 9.33. The number of carbonyl (C=O) groups excluding carboxylic acids is 3. The molecule has 0 aromatic heterocycles. The summed E-state index contributed by atoms with van der Waals surface area (Å²) in [6.07, 6.45) is 4.38. The van der Waals surface area contributed by atoms with E-state index in [0.29, 0.717) is 22.8 Å². The van der Waals surface area contributed by atoms with Gasteiger partial charge in [0.25, 0.3) is 0 Å². The van der Waals surface area contributed by atoms with Crippen molar-refractivity contribution in [2.45, 2.75) is 0 Å². The summed E-state index contributed by atoms with van der Waals surface area (Å²) in [5.41, 5.74) is 0.325. The average molecular weight is 430 g/mol. The second kappa shape index (κ2) is 10.4. The molecule has 0 N–H and O–H groups in total. The highest BCUT2D eigenvalue weighted by atomic mass is 16.5. The Balaban J connectivity index is 1.62. The Morgan fingerprint density at radius 1 is 0.656 bits per heavy atom. The van der Waals surface area contributed by atoms with Crippen LogP contribution < -0.4 is 14.2 Å². The summed E-state index contributed by atoms with van der Waals surface area (Å²) < 4.78 is 20.4. The molecule has 3 aromatic rings. The van der Waals surface area contributed by atoms with Gasteiger partial charge in [-0.05, 0) is 59.3 Å². The number of carbonyl (C=O) groups is 3. The van der Waals surface area contributed by atoms with Gasteiger partial charge in [0.05, 0.1) is 5.56 Å². The zero-order valence-corrected chi connectivity index (χ0v) is 16.9. The van der Waals surface area contributed by atoms with Crippen LogP contribution in [0, 0.1) is 0 Å². The lowest BCUT2D eigenvalue weighted by Crippen LogP contribution is -2.08. The van der Waals surface area contributed by atoms with E-state index in [1.54, 1.807) is 60.7 Å². The lowest BCUT2D eigenvalue weighted by molar-refractivity contribution is -0.132. The molecule has 0 heterocycles. The largest absolute Gasteiger partial charge is 0.462 e. The molecule has 0 fully saturated rings. The summed E-state index contributed by atoms with van der Waals surface area (Å²) in [5.74, 6) is -0.491. The van der Waals surface area contributed by atoms with Crippen LogP contribution in [0.15, 0.2) is 98.5 Å². The minimum atomic E-state index is -0.604. The van der Waals surface area contributed by atoms with Crippen molar-refractivity contribution in [3.05, 3.63) is 104 Å². The standard InChI is InChI=1S/C25H18O7/c1-3-23(26)30-14-13-29-20-9-5-17(6-10-20)25(28)32-22-12-8-18-15-21(31-24(27)4-2)11-7-19(18)16-22/h3-16H,1-2H2/b14-13-. The van der Waals surface area contributed by atoms with E-state index < -0.39 is 17.9 Å². The normalized spacial score (nSPS) is 10.4. The first-order chi connectivity index (χ1) is 15.5. The molecular formula is C25H18O7. The van der Waals surface area contributed by atoms with Gasteiger partial charge in [-0.25, -0.2) is 14.4 Å². The molecule has 0 aliphatic rings. The van der Waals surface area contributed by atoms with Gasteiger partial charge >= 0.3 is 17.9 Å². The third kappa shape index (κ3) is 5.93. The summed E-state index contributed by atoms with van der Waals surface area (Å²) in [6.45, 7) is 6.63. The van der Waals surface area contributed by atoms with E-state index in [0.717, 1.165) is 29.2 Å². The monoisotopic (exact) mass is 430 g/mol. The van der Waals surface area contributed by atoms with Crippen molar-refractivity contribution in [1.29, 1.82) is 0 Å². The van der Waals surface area contributed by atoms with Crippen LogP contribution >= 0.6 is 0 Å². The number of benzene rings is 3. The van der Waals surface area contributed by atoms with E-state index in [2.05, 4.69) is 17.9 Å². The number of hydrogen-bond donors (Lipinski definition) is 0. The van der Waals surface area contributed by atoms with Gasteiger partial charge in [-0.15, -0.1) is 0 Å². The minimum absolute atomic E-state index is 0.325. The van der Waals surface area contributed by atoms with E-state index in [1.807, 2.05) is 0 Å². The number of esters is 3. The first kappa shape index (κ1) is 22.0. The molecule has 0 atom stereocenters. The summed E-state index contributed by atoms with van der Waals surface area (Å²) in [6, 6.07) is 16.4. The van der Waals surface area contributed by atoms with Gasteiger partial charge in [0.2, 0.25) is 0 Å². The molecule has 0 saturated carbocycles. The van der Waals surface area contributed by atoms with Gasteiger partial charge in [-0.2, -0.15) is 0 Å². The molecule has 0 saturated heterocycles. The van der Waals surface area contributed by atoms with Gasteiger partial charge in [-0.3, -0.25) is 0 Å². The van der Waals surface area contributed by atoms with E-state index in [1.165, 1.54) is 6.26 Å². The van der Waals surface area contributed by atoms with Gasteiger partial charge in [-0.1, -0.05) is 25.3 Å². The number of hydrogen-bond acceptors (Lipinski definition) is 7. The fraction of sp³-hybridized carbons (Fsp3) is 0. The lowest BCUT2D eigenvalue weighted by atomic mass is 10.1. The van der Waals surface area contributed by atoms with Crippen LogP contribution in [0.3, 0.4) is 0 Å². The summed E-state index contributed by atoms with van der Waals surface area (Å²) in [5, 5.41) is 1.62. The molecule has 0 bridgehead atoms. The van der Waals surface area contributed by atoms with Gasteiger partial charge in [0.15, 0.2) is 0 Å². The van der Waals surface area contributed by atoms with Crippen LogP contribution in [0.5, 0.6) is 17.2 Å². The topological polar surface area (TPSA) is 88.1 Å². The lowest BCUT2D eigenvalue weighted by Gasteiger charge is -2.08. The average Bonchev–Trinajstić information content (AvgIpc) is 2.82. The molecule has 32 heavy (non-hydrogen) atoms. The number of rotatable bonds is 8. The van der Waals surface area contributed by atoms with Crippen LogP contribution in [0.4, 0.5) is 0 Å². The molecule has 3 aromatic carbocycles. The van der Waals surface area contributed by atoms with Crippen LogP contribution in [0.2, 0.25) is 0 Å². The Bertz CT molecular complexity index is 1210. The Labute approximate surface area is 183 Å². The number of ether oxygens (including phenoxy) is 4. The van der Waals surface area contributed by atoms with E-state index in [4.69, 9.17) is 14.2 Å². The van der Waals surface area contributed by atoms with Crippen molar-refractivity contribution in [2.75, 3.05) is 0 Å². The maximum absolute atomic E-state index is 12.4. The summed E-state index contributed by atoms with van der Waals surface area (Å²) in [7, 11) is 0. The Morgan fingerprint density at radius 2 is 1.22 bits per heavy atom. The SMILES string of the molecule is C=CC(=O)O/C=C\Oc1ccc(C(=O)Oc2ccc3cc(OC(=O)C=C)ccc3c2)cc1. The van der Waals surface area contributed by atoms with Gasteiger partial charge < -0.3 is 18.9 Å². The van der Waals surface area contributed by atoms with Crippen molar-refractivity contribution in [3.8, 4) is 17.2 Å². The first-order valence-electron chi connectivity index (χ1n) is 9.33. The third-order valence-electron chi connectivity index (χ3n) is 4.08. The zero-order valence-electron chi connectivity index (χ0n) is 16.9. The van der Waals surface area contributed by atoms with E-state index >= 15 is 0 Å². The Kier molecular flexibility index (Phi) is 7.16. The molecule has 0 radical (unpaired) electrons. The molecule has 3 rings (SSSR count). The molecule has 0 aliphatic heterocycles. The predicted molar refractivity (Wildman–Crippen MR) is 117 cm³/mol. The molecule has 0 spiro atoms. The van der Waals surface area contributed by atoms with Crippen LogP contribution in [-0.4, -0.2) is 17.9 Å². The highest BCUT2D eigenvalue weighted by Gasteiger charge is 2.10. The predicted octanol–water partition coefficient (Wildman–Crippen LogP) is 4.73. The molecule has 160 valence electrons. The maximum Gasteiger partial charge on any atom is 0.343 e. The fourth-order valence-electron chi connectivity index (χ4n) is 2.57. The highest BCUT2D eigenvalue weighted by Crippen LogP contribution is 2.26. The molecule has 0 amide bonds. The Morgan fingerprint density at radius 3 is 1.81 bits per heavy atom. The van der Waals surface area contributed by atoms with Crippen molar-refractivity contribution in [1.82, 2.24) is 0 Å². The minimum Gasteiger partial charge on any atom is -0.462 e. The van der Waals surface area contributed by atoms with E-state index in [-0.39, 0.29) is 0 Å². The summed E-state index contributed by atoms with van der Waals surface area (Å²) >= 11 is 0. The maximum atomic E-state index is 12.4. The Hall–Kier alpha value is -4.65. The quantitative estimate of drug-likeness (QED) is 0.221.